The van der Waals surface area contributed by atoms with Crippen LogP contribution in [0.4, 0.5) is 5.69 Å². The van der Waals surface area contributed by atoms with Crippen LogP contribution in [0.5, 0.6) is 0 Å². The first kappa shape index (κ1) is 13.4. The van der Waals surface area contributed by atoms with E-state index in [1.165, 1.54) is 11.3 Å². The van der Waals surface area contributed by atoms with E-state index in [-0.39, 0.29) is 5.91 Å². The summed E-state index contributed by atoms with van der Waals surface area (Å²) in [4.78, 5) is 12.0. The number of nitrogens with zero attached hydrogens (tertiary/aromatic N) is 4. The Morgan fingerprint density at radius 3 is 3.05 bits per heavy atom. The van der Waals surface area contributed by atoms with Crippen LogP contribution in [0.15, 0.2) is 41.1 Å². The van der Waals surface area contributed by atoms with E-state index in [1.54, 1.807) is 10.7 Å². The Kier molecular flexibility index (Phi) is 3.74. The van der Waals surface area contributed by atoms with Crippen LogP contribution in [0.25, 0.3) is 11.4 Å². The van der Waals surface area contributed by atoms with Crippen LogP contribution >= 0.6 is 11.3 Å². The second-order valence-corrected chi connectivity index (χ2v) is 5.15. The molecule has 1 amide bonds. The van der Waals surface area contributed by atoms with Crippen molar-refractivity contribution in [3.05, 3.63) is 46.7 Å². The molecule has 2 aromatic heterocycles. The Morgan fingerprint density at radius 2 is 2.29 bits per heavy atom. The Balaban J connectivity index is 1.85. The number of aromatic nitrogens is 4. The number of carbonyl (C=O) groups excluding carboxylic acids is 1. The lowest BCUT2D eigenvalue weighted by Crippen LogP contribution is -2.10. The van der Waals surface area contributed by atoms with Gasteiger partial charge < -0.3 is 5.32 Å². The van der Waals surface area contributed by atoms with Crippen LogP contribution in [-0.2, 0) is 6.54 Å². The number of hydrogen-bond donors (Lipinski definition) is 1. The fourth-order valence-electron chi connectivity index (χ4n) is 1.96. The molecule has 0 aliphatic carbocycles. The summed E-state index contributed by atoms with van der Waals surface area (Å²) in [6, 6.07) is 9.28. The van der Waals surface area contributed by atoms with Crippen molar-refractivity contribution in [2.45, 2.75) is 13.5 Å². The number of rotatable bonds is 4. The van der Waals surface area contributed by atoms with Gasteiger partial charge in [-0.1, -0.05) is 12.1 Å². The summed E-state index contributed by atoms with van der Waals surface area (Å²) in [7, 11) is 0. The minimum absolute atomic E-state index is 0.122. The van der Waals surface area contributed by atoms with E-state index in [4.69, 9.17) is 0 Å². The van der Waals surface area contributed by atoms with Crippen molar-refractivity contribution in [3.63, 3.8) is 0 Å². The maximum Gasteiger partial charge on any atom is 0.256 e. The summed E-state index contributed by atoms with van der Waals surface area (Å²) in [6.07, 6.45) is 0. The molecule has 0 bridgehead atoms. The van der Waals surface area contributed by atoms with E-state index in [9.17, 15) is 4.79 Å². The van der Waals surface area contributed by atoms with Crippen LogP contribution < -0.4 is 5.32 Å². The molecule has 0 fully saturated rings. The van der Waals surface area contributed by atoms with Gasteiger partial charge in [0.2, 0.25) is 0 Å². The Hall–Kier alpha value is -2.54. The number of hydrogen-bond acceptors (Lipinski definition) is 5. The number of amides is 1. The van der Waals surface area contributed by atoms with Crippen molar-refractivity contribution in [3.8, 4) is 11.4 Å². The Bertz CT molecular complexity index is 750. The average Bonchev–Trinajstić information content (AvgIpc) is 3.18. The quantitative estimate of drug-likeness (QED) is 0.804. The van der Waals surface area contributed by atoms with E-state index in [0.29, 0.717) is 23.6 Å². The number of thiophene rings is 1. The van der Waals surface area contributed by atoms with Gasteiger partial charge in [0.1, 0.15) is 0 Å². The van der Waals surface area contributed by atoms with Gasteiger partial charge in [-0.05, 0) is 40.9 Å². The van der Waals surface area contributed by atoms with E-state index >= 15 is 0 Å². The molecule has 21 heavy (non-hydrogen) atoms. The molecule has 0 aliphatic heterocycles. The molecular weight excluding hydrogens is 286 g/mol. The third kappa shape index (κ3) is 2.82. The molecule has 3 aromatic rings. The molecule has 106 valence electrons. The molecule has 2 heterocycles. The van der Waals surface area contributed by atoms with Crippen molar-refractivity contribution in [1.29, 1.82) is 0 Å². The van der Waals surface area contributed by atoms with E-state index in [2.05, 4.69) is 20.8 Å². The van der Waals surface area contributed by atoms with Gasteiger partial charge in [0, 0.05) is 23.2 Å². The molecule has 1 N–H and O–H groups in total. The highest BCUT2D eigenvalue weighted by atomic mass is 32.1. The highest BCUT2D eigenvalue weighted by Gasteiger charge is 2.10. The average molecular weight is 299 g/mol. The highest BCUT2D eigenvalue weighted by molar-refractivity contribution is 7.08. The normalized spacial score (nSPS) is 10.5. The van der Waals surface area contributed by atoms with Crippen molar-refractivity contribution < 1.29 is 4.79 Å². The zero-order chi connectivity index (χ0) is 14.7. The SMILES string of the molecule is CCn1nnnc1-c1cccc(NC(=O)c2ccsc2)c1. The number of nitrogens with one attached hydrogen (secondary N) is 1. The molecule has 0 saturated carbocycles. The lowest BCUT2D eigenvalue weighted by Gasteiger charge is -2.06. The largest absolute Gasteiger partial charge is 0.322 e. The summed E-state index contributed by atoms with van der Waals surface area (Å²) in [6.45, 7) is 2.66. The third-order valence-corrected chi connectivity index (χ3v) is 3.68. The molecule has 6 nitrogen and oxygen atoms in total. The first-order valence-electron chi connectivity index (χ1n) is 6.48. The van der Waals surface area contributed by atoms with Crippen LogP contribution in [-0.4, -0.2) is 26.1 Å². The second-order valence-electron chi connectivity index (χ2n) is 4.37. The number of benzene rings is 1. The maximum absolute atomic E-state index is 12.0. The minimum Gasteiger partial charge on any atom is -0.322 e. The fraction of sp³-hybridized carbons (Fsp3) is 0.143. The number of aryl methyl sites for hydroxylation is 1. The zero-order valence-corrected chi connectivity index (χ0v) is 12.2. The molecule has 3 rings (SSSR count). The topological polar surface area (TPSA) is 72.7 Å². The third-order valence-electron chi connectivity index (χ3n) is 2.99. The summed E-state index contributed by atoms with van der Waals surface area (Å²) in [5.41, 5.74) is 2.24. The summed E-state index contributed by atoms with van der Waals surface area (Å²) in [5, 5.41) is 18.2. The van der Waals surface area contributed by atoms with Gasteiger partial charge >= 0.3 is 0 Å². The van der Waals surface area contributed by atoms with Gasteiger partial charge in [-0.25, -0.2) is 4.68 Å². The Morgan fingerprint density at radius 1 is 1.38 bits per heavy atom. The molecular formula is C14H13N5OS. The van der Waals surface area contributed by atoms with Gasteiger partial charge in [0.15, 0.2) is 5.82 Å². The van der Waals surface area contributed by atoms with Crippen molar-refractivity contribution in [2.24, 2.45) is 0 Å². The van der Waals surface area contributed by atoms with Crippen molar-refractivity contribution in [2.75, 3.05) is 5.32 Å². The Labute approximate surface area is 125 Å². The molecule has 0 unspecified atom stereocenters. The number of anilines is 1. The lowest BCUT2D eigenvalue weighted by atomic mass is 10.2. The standard InChI is InChI=1S/C14H13N5OS/c1-2-19-13(16-17-18-19)10-4-3-5-12(8-10)15-14(20)11-6-7-21-9-11/h3-9H,2H2,1H3,(H,15,20). The highest BCUT2D eigenvalue weighted by Crippen LogP contribution is 2.20. The van der Waals surface area contributed by atoms with Crippen LogP contribution in [0, 0.1) is 0 Å². The number of tetrazole rings is 1. The van der Waals surface area contributed by atoms with Crippen LogP contribution in [0.3, 0.4) is 0 Å². The monoisotopic (exact) mass is 299 g/mol. The van der Waals surface area contributed by atoms with Gasteiger partial charge in [0.25, 0.3) is 5.91 Å². The molecule has 0 spiro atoms. The van der Waals surface area contributed by atoms with Crippen LogP contribution in [0.1, 0.15) is 17.3 Å². The van der Waals surface area contributed by atoms with E-state index in [0.717, 1.165) is 5.56 Å². The molecule has 7 heteroatoms. The zero-order valence-electron chi connectivity index (χ0n) is 11.4. The van der Waals surface area contributed by atoms with Crippen LogP contribution in [0.2, 0.25) is 0 Å². The summed E-state index contributed by atoms with van der Waals surface area (Å²) >= 11 is 1.49. The lowest BCUT2D eigenvalue weighted by molar-refractivity contribution is 0.102. The second kappa shape index (κ2) is 5.84. The van der Waals surface area contributed by atoms with Gasteiger partial charge in [-0.15, -0.1) is 5.10 Å². The predicted octanol–water partition coefficient (Wildman–Crippen LogP) is 2.67. The molecule has 0 radical (unpaired) electrons. The van der Waals surface area contributed by atoms with Gasteiger partial charge in [0.05, 0.1) is 5.56 Å². The van der Waals surface area contributed by atoms with E-state index < -0.39 is 0 Å². The molecule has 1 aromatic carbocycles. The first-order valence-corrected chi connectivity index (χ1v) is 7.42. The predicted molar refractivity (Wildman–Crippen MR) is 81.2 cm³/mol. The number of carbonyl (C=O) groups is 1. The van der Waals surface area contributed by atoms with Gasteiger partial charge in [-0.2, -0.15) is 11.3 Å². The van der Waals surface area contributed by atoms with E-state index in [1.807, 2.05) is 41.9 Å². The minimum atomic E-state index is -0.122. The van der Waals surface area contributed by atoms with Crippen molar-refractivity contribution in [1.82, 2.24) is 20.2 Å². The fourth-order valence-corrected chi connectivity index (χ4v) is 2.59. The molecule has 0 saturated heterocycles. The maximum atomic E-state index is 12.0. The summed E-state index contributed by atoms with van der Waals surface area (Å²) in [5.74, 6) is 0.563. The first-order chi connectivity index (χ1) is 10.3. The molecule has 0 atom stereocenters. The van der Waals surface area contributed by atoms with Crippen molar-refractivity contribution >= 4 is 22.9 Å². The smallest absolute Gasteiger partial charge is 0.256 e. The summed E-state index contributed by atoms with van der Waals surface area (Å²) < 4.78 is 1.71. The molecule has 0 aliphatic rings. The van der Waals surface area contributed by atoms with Gasteiger partial charge in [-0.3, -0.25) is 4.79 Å².